The van der Waals surface area contributed by atoms with Crippen LogP contribution in [0.3, 0.4) is 0 Å². The molecular formula is C8H10N2O. The van der Waals surface area contributed by atoms with E-state index in [1.165, 1.54) is 0 Å². The summed E-state index contributed by atoms with van der Waals surface area (Å²) >= 11 is 0. The quantitative estimate of drug-likeness (QED) is 0.578. The van der Waals surface area contributed by atoms with Crippen LogP contribution in [0.5, 0.6) is 0 Å². The highest BCUT2D eigenvalue weighted by Gasteiger charge is 1.96. The Hall–Kier alpha value is -1.38. The highest BCUT2D eigenvalue weighted by atomic mass is 16.1. The van der Waals surface area contributed by atoms with E-state index >= 15 is 0 Å². The number of H-pyrrole nitrogens is 1. The van der Waals surface area contributed by atoms with Gasteiger partial charge in [-0.3, -0.25) is 4.79 Å². The Morgan fingerprint density at radius 3 is 2.64 bits per heavy atom. The Bertz CT molecular complexity index is 338. The molecular weight excluding hydrogens is 140 g/mol. The normalized spacial score (nSPS) is 9.64. The van der Waals surface area contributed by atoms with Gasteiger partial charge in [-0.15, -0.1) is 0 Å². The van der Waals surface area contributed by atoms with E-state index in [1.54, 1.807) is 26.0 Å². The summed E-state index contributed by atoms with van der Waals surface area (Å²) in [4.78, 5) is 13.6. The first-order chi connectivity index (χ1) is 5.11. The highest BCUT2D eigenvalue weighted by Crippen LogP contribution is 1.93. The van der Waals surface area contributed by atoms with Gasteiger partial charge in [-0.05, 0) is 19.9 Å². The lowest BCUT2D eigenvalue weighted by Crippen LogP contribution is -2.13. The molecule has 0 fully saturated rings. The fourth-order valence-corrected chi connectivity index (χ4v) is 0.765. The van der Waals surface area contributed by atoms with Crippen molar-refractivity contribution in [3.05, 3.63) is 33.7 Å². The Kier molecular flexibility index (Phi) is 1.89. The summed E-state index contributed by atoms with van der Waals surface area (Å²) in [6, 6.07) is 3.45. The van der Waals surface area contributed by atoms with Gasteiger partial charge in [-0.2, -0.15) is 0 Å². The van der Waals surface area contributed by atoms with E-state index in [0.717, 1.165) is 0 Å². The molecule has 0 unspecified atom stereocenters. The third-order valence-electron chi connectivity index (χ3n) is 1.51. The number of nitrogens with one attached hydrogen (secondary N) is 2. The number of aromatic nitrogens is 1. The Labute approximate surface area is 64.6 Å². The van der Waals surface area contributed by atoms with Crippen molar-refractivity contribution in [3.8, 4) is 0 Å². The van der Waals surface area contributed by atoms with E-state index in [2.05, 4.69) is 4.98 Å². The van der Waals surface area contributed by atoms with Crippen molar-refractivity contribution < 1.29 is 0 Å². The smallest absolute Gasteiger partial charge is 0.251 e. The summed E-state index contributed by atoms with van der Waals surface area (Å²) in [7, 11) is 0. The summed E-state index contributed by atoms with van der Waals surface area (Å²) in [6.07, 6.45) is 0. The predicted octanol–water partition coefficient (Wildman–Crippen LogP) is 1.07. The number of aromatic amines is 1. The second-order valence-electron chi connectivity index (χ2n) is 2.51. The molecule has 0 aliphatic heterocycles. The Balaban J connectivity index is 3.26. The van der Waals surface area contributed by atoms with Crippen molar-refractivity contribution in [1.82, 2.24) is 4.98 Å². The van der Waals surface area contributed by atoms with Crippen LogP contribution in [-0.4, -0.2) is 10.7 Å². The Morgan fingerprint density at radius 1 is 1.55 bits per heavy atom. The third kappa shape index (κ3) is 1.55. The van der Waals surface area contributed by atoms with Gasteiger partial charge >= 0.3 is 0 Å². The SMILES string of the molecule is CC(=N)c1ccc(C)c(=O)[nH]1. The zero-order valence-electron chi connectivity index (χ0n) is 6.56. The van der Waals surface area contributed by atoms with Crippen LogP contribution in [0.4, 0.5) is 0 Å². The monoisotopic (exact) mass is 150 g/mol. The summed E-state index contributed by atoms with van der Waals surface area (Å²) in [5, 5.41) is 7.23. The van der Waals surface area contributed by atoms with Crippen molar-refractivity contribution in [2.45, 2.75) is 13.8 Å². The van der Waals surface area contributed by atoms with Gasteiger partial charge in [0.25, 0.3) is 5.56 Å². The van der Waals surface area contributed by atoms with Gasteiger partial charge in [0.2, 0.25) is 0 Å². The molecule has 11 heavy (non-hydrogen) atoms. The van der Waals surface area contributed by atoms with Gasteiger partial charge in [0.1, 0.15) is 0 Å². The van der Waals surface area contributed by atoms with E-state index in [4.69, 9.17) is 5.41 Å². The molecule has 0 spiro atoms. The maximum Gasteiger partial charge on any atom is 0.251 e. The maximum absolute atomic E-state index is 11.0. The highest BCUT2D eigenvalue weighted by molar-refractivity contribution is 5.94. The molecule has 3 heteroatoms. The molecule has 0 amide bonds. The van der Waals surface area contributed by atoms with Crippen LogP contribution in [0.1, 0.15) is 18.2 Å². The topological polar surface area (TPSA) is 56.7 Å². The number of hydrogen-bond acceptors (Lipinski definition) is 2. The first-order valence-electron chi connectivity index (χ1n) is 3.36. The molecule has 58 valence electrons. The molecule has 1 rings (SSSR count). The second kappa shape index (κ2) is 2.70. The number of aryl methyl sites for hydroxylation is 1. The molecule has 0 aromatic carbocycles. The van der Waals surface area contributed by atoms with Crippen LogP contribution in [0.15, 0.2) is 16.9 Å². The van der Waals surface area contributed by atoms with E-state index in [1.807, 2.05) is 0 Å². The van der Waals surface area contributed by atoms with Crippen molar-refractivity contribution in [2.24, 2.45) is 0 Å². The lowest BCUT2D eigenvalue weighted by Gasteiger charge is -1.97. The largest absolute Gasteiger partial charge is 0.321 e. The van der Waals surface area contributed by atoms with Crippen molar-refractivity contribution >= 4 is 5.71 Å². The van der Waals surface area contributed by atoms with Crippen LogP contribution in [-0.2, 0) is 0 Å². The van der Waals surface area contributed by atoms with Crippen LogP contribution < -0.4 is 5.56 Å². The van der Waals surface area contributed by atoms with Crippen molar-refractivity contribution in [2.75, 3.05) is 0 Å². The molecule has 0 radical (unpaired) electrons. The molecule has 0 saturated heterocycles. The van der Waals surface area contributed by atoms with E-state index in [9.17, 15) is 4.79 Å². The molecule has 1 aromatic rings. The molecule has 0 aliphatic carbocycles. The van der Waals surface area contributed by atoms with Crippen molar-refractivity contribution in [3.63, 3.8) is 0 Å². The minimum absolute atomic E-state index is 0.117. The zero-order valence-corrected chi connectivity index (χ0v) is 6.56. The standard InChI is InChI=1S/C8H10N2O/c1-5-3-4-7(6(2)9)10-8(5)11/h3-4,9H,1-2H3,(H,10,11). The van der Waals surface area contributed by atoms with Gasteiger partial charge in [0, 0.05) is 5.56 Å². The van der Waals surface area contributed by atoms with Crippen LogP contribution in [0, 0.1) is 12.3 Å². The summed E-state index contributed by atoms with van der Waals surface area (Å²) < 4.78 is 0. The summed E-state index contributed by atoms with van der Waals surface area (Å²) in [5.74, 6) is 0. The third-order valence-corrected chi connectivity index (χ3v) is 1.51. The second-order valence-corrected chi connectivity index (χ2v) is 2.51. The van der Waals surface area contributed by atoms with E-state index in [-0.39, 0.29) is 5.56 Å². The minimum atomic E-state index is -0.117. The molecule has 2 N–H and O–H groups in total. The fraction of sp³-hybridized carbons (Fsp3) is 0.250. The first kappa shape index (κ1) is 7.72. The molecule has 1 heterocycles. The van der Waals surface area contributed by atoms with Gasteiger partial charge in [-0.1, -0.05) is 6.07 Å². The fourth-order valence-electron chi connectivity index (χ4n) is 0.765. The van der Waals surface area contributed by atoms with E-state index < -0.39 is 0 Å². The summed E-state index contributed by atoms with van der Waals surface area (Å²) in [6.45, 7) is 3.38. The number of pyridine rings is 1. The average Bonchev–Trinajstić information content (AvgIpc) is 1.94. The van der Waals surface area contributed by atoms with Gasteiger partial charge in [0.05, 0.1) is 11.4 Å². The van der Waals surface area contributed by atoms with Gasteiger partial charge in [0.15, 0.2) is 0 Å². The van der Waals surface area contributed by atoms with Crippen LogP contribution in [0.25, 0.3) is 0 Å². The first-order valence-corrected chi connectivity index (χ1v) is 3.36. The Morgan fingerprint density at radius 2 is 2.18 bits per heavy atom. The van der Waals surface area contributed by atoms with Crippen molar-refractivity contribution in [1.29, 1.82) is 5.41 Å². The van der Waals surface area contributed by atoms with Gasteiger partial charge in [-0.25, -0.2) is 0 Å². The molecule has 3 nitrogen and oxygen atoms in total. The molecule has 0 bridgehead atoms. The minimum Gasteiger partial charge on any atom is -0.321 e. The predicted molar refractivity (Wildman–Crippen MR) is 44.3 cm³/mol. The lowest BCUT2D eigenvalue weighted by molar-refractivity contribution is 1.15. The molecule has 1 aromatic heterocycles. The lowest BCUT2D eigenvalue weighted by atomic mass is 10.2. The van der Waals surface area contributed by atoms with E-state index in [0.29, 0.717) is 17.0 Å². The van der Waals surface area contributed by atoms with Crippen LogP contribution in [0.2, 0.25) is 0 Å². The number of rotatable bonds is 1. The zero-order chi connectivity index (χ0) is 8.43. The van der Waals surface area contributed by atoms with Crippen LogP contribution >= 0.6 is 0 Å². The molecule has 0 saturated carbocycles. The average molecular weight is 150 g/mol. The summed E-state index contributed by atoms with van der Waals surface area (Å²) in [5.41, 5.74) is 1.52. The number of hydrogen-bond donors (Lipinski definition) is 2. The maximum atomic E-state index is 11.0. The van der Waals surface area contributed by atoms with Gasteiger partial charge < -0.3 is 10.4 Å². The molecule has 0 aliphatic rings. The molecule has 0 atom stereocenters.